The minimum absolute atomic E-state index is 0.177. The number of rotatable bonds is 5. The van der Waals surface area contributed by atoms with Crippen molar-refractivity contribution in [3.8, 4) is 6.07 Å². The van der Waals surface area contributed by atoms with E-state index in [9.17, 15) is 14.9 Å². The van der Waals surface area contributed by atoms with Crippen LogP contribution in [0.4, 0.5) is 11.4 Å². The number of benzene rings is 2. The van der Waals surface area contributed by atoms with Gasteiger partial charge in [-0.3, -0.25) is 9.59 Å². The van der Waals surface area contributed by atoms with Gasteiger partial charge in [0.15, 0.2) is 0 Å². The Morgan fingerprint density at radius 2 is 1.88 bits per heavy atom. The van der Waals surface area contributed by atoms with E-state index in [-0.39, 0.29) is 5.57 Å². The fourth-order valence-electron chi connectivity index (χ4n) is 2.23. The second-order valence-electron chi connectivity index (χ2n) is 5.39. The summed E-state index contributed by atoms with van der Waals surface area (Å²) in [5.74, 6) is -1.20. The van der Waals surface area contributed by atoms with Crippen LogP contribution in [0.2, 0.25) is 0 Å². The van der Waals surface area contributed by atoms with Gasteiger partial charge in [0.2, 0.25) is 5.91 Å². The predicted octanol–water partition coefficient (Wildman–Crippen LogP) is 3.11. The Morgan fingerprint density at radius 1 is 1.23 bits per heavy atom. The van der Waals surface area contributed by atoms with Gasteiger partial charge < -0.3 is 11.1 Å². The number of halogens is 1. The van der Waals surface area contributed by atoms with Gasteiger partial charge in [-0.25, -0.2) is 4.90 Å². The molecule has 2 amide bonds. The van der Waals surface area contributed by atoms with Gasteiger partial charge in [-0.2, -0.15) is 5.26 Å². The average Bonchev–Trinajstić information content (AvgIpc) is 2.61. The van der Waals surface area contributed by atoms with E-state index in [0.29, 0.717) is 17.9 Å². The Balaban J connectivity index is 2.19. The third-order valence-corrected chi connectivity index (χ3v) is 4.29. The van der Waals surface area contributed by atoms with Crippen LogP contribution in [-0.4, -0.2) is 11.8 Å². The number of imide groups is 1. The maximum absolute atomic E-state index is 12.6. The molecule has 0 unspecified atom stereocenters. The summed E-state index contributed by atoms with van der Waals surface area (Å²) in [6, 6.07) is 15.7. The number of nitriles is 1. The van der Waals surface area contributed by atoms with E-state index >= 15 is 0 Å². The summed E-state index contributed by atoms with van der Waals surface area (Å²) in [5, 5.41) is 12.3. The first-order valence-corrected chi connectivity index (χ1v) is 8.51. The molecule has 0 spiro atoms. The molecule has 0 aromatic heterocycles. The van der Waals surface area contributed by atoms with Crippen LogP contribution in [0.1, 0.15) is 12.5 Å². The number of hydrogen-bond acceptors (Lipinski definition) is 5. The summed E-state index contributed by atoms with van der Waals surface area (Å²) in [4.78, 5) is 25.5. The Morgan fingerprint density at radius 3 is 2.46 bits per heavy atom. The fraction of sp³-hybridized carbons (Fsp3) is 0.105. The molecule has 0 fully saturated rings. The molecule has 26 heavy (non-hydrogen) atoms. The van der Waals surface area contributed by atoms with Gasteiger partial charge in [0.05, 0.1) is 5.69 Å². The van der Waals surface area contributed by atoms with E-state index in [1.807, 2.05) is 30.3 Å². The molecule has 0 aliphatic carbocycles. The Kier molecular flexibility index (Phi) is 6.53. The Hall–Kier alpha value is -3.11. The molecule has 132 valence electrons. The third kappa shape index (κ3) is 4.71. The normalized spacial score (nSPS) is 10.7. The van der Waals surface area contributed by atoms with Gasteiger partial charge in [0, 0.05) is 29.8 Å². The molecule has 2 aromatic carbocycles. The second-order valence-corrected chi connectivity index (χ2v) is 6.25. The van der Waals surface area contributed by atoms with Crippen molar-refractivity contribution in [2.45, 2.75) is 13.5 Å². The molecule has 2 rings (SSSR count). The summed E-state index contributed by atoms with van der Waals surface area (Å²) >= 11 is 3.43. The van der Waals surface area contributed by atoms with Crippen molar-refractivity contribution in [1.82, 2.24) is 5.32 Å². The highest BCUT2D eigenvalue weighted by molar-refractivity contribution is 9.10. The summed E-state index contributed by atoms with van der Waals surface area (Å²) in [6.07, 6.45) is 1.31. The number of anilines is 2. The van der Waals surface area contributed by atoms with E-state index in [4.69, 9.17) is 5.73 Å². The number of nitrogens with one attached hydrogen (secondary N) is 1. The van der Waals surface area contributed by atoms with Gasteiger partial charge in [0.25, 0.3) is 5.91 Å². The van der Waals surface area contributed by atoms with Crippen LogP contribution in [0.15, 0.2) is 64.8 Å². The Bertz CT molecular complexity index is 885. The largest absolute Gasteiger partial charge is 0.399 e. The number of hydrogen-bond donors (Lipinski definition) is 2. The second kappa shape index (κ2) is 8.83. The third-order valence-electron chi connectivity index (χ3n) is 3.52. The molecule has 0 aliphatic heterocycles. The highest BCUT2D eigenvalue weighted by atomic mass is 79.9. The van der Waals surface area contributed by atoms with Crippen molar-refractivity contribution in [2.24, 2.45) is 0 Å². The standard InChI is InChI=1S/C19H17BrN4O2/c1-13(25)24(17-8-6-16(22)7-9-17)19(26)15(10-21)12-23-11-14-4-2-3-5-18(14)20/h2-9,12,23H,11,22H2,1H3/b15-12-. The molecule has 0 saturated heterocycles. The molecular formula is C19H17BrN4O2. The van der Waals surface area contributed by atoms with Crippen molar-refractivity contribution < 1.29 is 9.59 Å². The van der Waals surface area contributed by atoms with Crippen molar-refractivity contribution in [2.75, 3.05) is 10.6 Å². The van der Waals surface area contributed by atoms with Crippen molar-refractivity contribution in [3.63, 3.8) is 0 Å². The van der Waals surface area contributed by atoms with Crippen molar-refractivity contribution in [1.29, 1.82) is 5.26 Å². The van der Waals surface area contributed by atoms with E-state index in [2.05, 4.69) is 21.2 Å². The molecule has 0 aliphatic rings. The smallest absolute Gasteiger partial charge is 0.277 e. The van der Waals surface area contributed by atoms with E-state index in [0.717, 1.165) is 14.9 Å². The molecule has 0 radical (unpaired) electrons. The quantitative estimate of drug-likeness (QED) is 0.446. The number of nitrogen functional groups attached to an aromatic ring is 1. The number of carbonyl (C=O) groups excluding carboxylic acids is 2. The van der Waals surface area contributed by atoms with E-state index in [1.165, 1.54) is 13.1 Å². The van der Waals surface area contributed by atoms with Crippen LogP contribution in [0.5, 0.6) is 0 Å². The minimum Gasteiger partial charge on any atom is -0.399 e. The van der Waals surface area contributed by atoms with Gasteiger partial charge in [-0.15, -0.1) is 0 Å². The minimum atomic E-state index is -0.704. The van der Waals surface area contributed by atoms with Gasteiger partial charge in [-0.05, 0) is 35.9 Å². The zero-order valence-electron chi connectivity index (χ0n) is 14.1. The van der Waals surface area contributed by atoms with Crippen molar-refractivity contribution >= 4 is 39.1 Å². The van der Waals surface area contributed by atoms with Crippen LogP contribution in [0, 0.1) is 11.3 Å². The van der Waals surface area contributed by atoms with E-state index < -0.39 is 11.8 Å². The lowest BCUT2D eigenvalue weighted by Gasteiger charge is -2.19. The van der Waals surface area contributed by atoms with Gasteiger partial charge >= 0.3 is 0 Å². The molecule has 6 nitrogen and oxygen atoms in total. The molecule has 0 atom stereocenters. The summed E-state index contributed by atoms with van der Waals surface area (Å²) in [5.41, 5.74) is 7.28. The average molecular weight is 413 g/mol. The number of amides is 2. The summed E-state index contributed by atoms with van der Waals surface area (Å²) < 4.78 is 0.915. The molecule has 2 aromatic rings. The number of nitrogens with zero attached hydrogens (tertiary/aromatic N) is 2. The first-order chi connectivity index (χ1) is 12.4. The number of nitrogens with two attached hydrogens (primary N) is 1. The van der Waals surface area contributed by atoms with Gasteiger partial charge in [-0.1, -0.05) is 34.1 Å². The first-order valence-electron chi connectivity index (χ1n) is 7.71. The number of carbonyl (C=O) groups is 2. The van der Waals surface area contributed by atoms with Crippen molar-refractivity contribution in [3.05, 3.63) is 70.3 Å². The lowest BCUT2D eigenvalue weighted by atomic mass is 10.2. The first kappa shape index (κ1) is 19.2. The highest BCUT2D eigenvalue weighted by Crippen LogP contribution is 2.19. The molecule has 0 bridgehead atoms. The van der Waals surface area contributed by atoms with Crippen LogP contribution in [0.25, 0.3) is 0 Å². The highest BCUT2D eigenvalue weighted by Gasteiger charge is 2.23. The van der Waals surface area contributed by atoms with Crippen LogP contribution < -0.4 is 16.0 Å². The van der Waals surface area contributed by atoms with Crippen LogP contribution in [-0.2, 0) is 16.1 Å². The maximum atomic E-state index is 12.6. The maximum Gasteiger partial charge on any atom is 0.277 e. The van der Waals surface area contributed by atoms with Crippen LogP contribution in [0.3, 0.4) is 0 Å². The summed E-state index contributed by atoms with van der Waals surface area (Å²) in [6.45, 7) is 1.68. The topological polar surface area (TPSA) is 99.2 Å². The fourth-order valence-corrected chi connectivity index (χ4v) is 2.66. The SMILES string of the molecule is CC(=O)N(C(=O)/C(C#N)=C\NCc1ccccc1Br)c1ccc(N)cc1. The zero-order chi connectivity index (χ0) is 19.1. The Labute approximate surface area is 160 Å². The molecule has 7 heteroatoms. The summed E-state index contributed by atoms with van der Waals surface area (Å²) in [7, 11) is 0. The lowest BCUT2D eigenvalue weighted by Crippen LogP contribution is -2.36. The van der Waals surface area contributed by atoms with E-state index in [1.54, 1.807) is 24.3 Å². The molecule has 0 heterocycles. The molecule has 0 saturated carbocycles. The molecular weight excluding hydrogens is 396 g/mol. The predicted molar refractivity (Wildman–Crippen MR) is 104 cm³/mol. The van der Waals surface area contributed by atoms with Crippen LogP contribution >= 0.6 is 15.9 Å². The van der Waals surface area contributed by atoms with Gasteiger partial charge in [0.1, 0.15) is 11.6 Å². The molecule has 3 N–H and O–H groups in total. The monoisotopic (exact) mass is 412 g/mol. The zero-order valence-corrected chi connectivity index (χ0v) is 15.7. The lowest BCUT2D eigenvalue weighted by molar-refractivity contribution is -0.123.